The van der Waals surface area contributed by atoms with Crippen molar-refractivity contribution < 1.29 is 9.84 Å². The van der Waals surface area contributed by atoms with Crippen LogP contribution in [0, 0.1) is 5.41 Å². The van der Waals surface area contributed by atoms with Crippen LogP contribution >= 0.6 is 0 Å². The summed E-state index contributed by atoms with van der Waals surface area (Å²) < 4.78 is 4.89. The number of rotatable bonds is 3. The van der Waals surface area contributed by atoms with E-state index in [1.807, 2.05) is 0 Å². The first-order chi connectivity index (χ1) is 6.15. The first kappa shape index (κ1) is 9.54. The highest BCUT2D eigenvalue weighted by molar-refractivity contribution is 5.97. The molecule has 0 unspecified atom stereocenters. The topological polar surface area (TPSA) is 79.3 Å². The highest BCUT2D eigenvalue weighted by Crippen LogP contribution is 2.18. The molecule has 0 fully saturated rings. The van der Waals surface area contributed by atoms with Crippen LogP contribution in [0.15, 0.2) is 18.2 Å². The Morgan fingerprint density at radius 1 is 1.62 bits per heavy atom. The van der Waals surface area contributed by atoms with Gasteiger partial charge in [-0.2, -0.15) is 0 Å². The van der Waals surface area contributed by atoms with Crippen molar-refractivity contribution in [2.45, 2.75) is 6.61 Å². The summed E-state index contributed by atoms with van der Waals surface area (Å²) in [5.74, 6) is -0.122. The van der Waals surface area contributed by atoms with Crippen LogP contribution in [-0.2, 0) is 11.3 Å². The molecular weight excluding hydrogens is 168 g/mol. The molecule has 1 rings (SSSR count). The third-order valence-electron chi connectivity index (χ3n) is 1.66. The number of phenolic OH excluding ortho intramolecular Hbond substituents is 1. The van der Waals surface area contributed by atoms with Crippen molar-refractivity contribution in [3.05, 3.63) is 29.3 Å². The second-order valence-electron chi connectivity index (χ2n) is 2.70. The Balaban J connectivity index is 2.98. The molecule has 4 heteroatoms. The summed E-state index contributed by atoms with van der Waals surface area (Å²) in [4.78, 5) is 0. The van der Waals surface area contributed by atoms with Crippen molar-refractivity contribution in [3.63, 3.8) is 0 Å². The smallest absolute Gasteiger partial charge is 0.126 e. The highest BCUT2D eigenvalue weighted by Gasteiger charge is 2.04. The molecule has 0 amide bonds. The van der Waals surface area contributed by atoms with Gasteiger partial charge in [0.05, 0.1) is 12.2 Å². The lowest BCUT2D eigenvalue weighted by Gasteiger charge is -2.04. The fourth-order valence-corrected chi connectivity index (χ4v) is 1.06. The molecule has 70 valence electrons. The molecule has 4 nitrogen and oxygen atoms in total. The van der Waals surface area contributed by atoms with Crippen LogP contribution in [0.3, 0.4) is 0 Å². The van der Waals surface area contributed by atoms with E-state index in [1.165, 1.54) is 0 Å². The molecule has 0 saturated carbocycles. The summed E-state index contributed by atoms with van der Waals surface area (Å²) in [6.07, 6.45) is 0. The molecule has 0 aliphatic carbocycles. The summed E-state index contributed by atoms with van der Waals surface area (Å²) in [6.45, 7) is 0.436. The van der Waals surface area contributed by atoms with E-state index >= 15 is 0 Å². The van der Waals surface area contributed by atoms with Crippen molar-refractivity contribution in [1.82, 2.24) is 0 Å². The molecule has 4 N–H and O–H groups in total. The van der Waals surface area contributed by atoms with Crippen molar-refractivity contribution in [1.29, 1.82) is 5.41 Å². The summed E-state index contributed by atoms with van der Waals surface area (Å²) in [5, 5.41) is 16.5. The van der Waals surface area contributed by atoms with E-state index in [2.05, 4.69) is 0 Å². The Labute approximate surface area is 76.5 Å². The minimum absolute atomic E-state index is 0.0158. The molecule has 0 aliphatic rings. The average Bonchev–Trinajstić information content (AvgIpc) is 2.04. The Morgan fingerprint density at radius 2 is 2.31 bits per heavy atom. The number of methoxy groups -OCH3 is 1. The van der Waals surface area contributed by atoms with Crippen LogP contribution in [0.2, 0.25) is 0 Å². The van der Waals surface area contributed by atoms with Gasteiger partial charge in [-0.05, 0) is 17.7 Å². The molecular formula is C9H12N2O2. The van der Waals surface area contributed by atoms with E-state index in [0.29, 0.717) is 12.2 Å². The van der Waals surface area contributed by atoms with Gasteiger partial charge in [0.1, 0.15) is 11.6 Å². The van der Waals surface area contributed by atoms with Gasteiger partial charge in [0, 0.05) is 7.11 Å². The van der Waals surface area contributed by atoms with E-state index in [9.17, 15) is 5.11 Å². The molecule has 13 heavy (non-hydrogen) atoms. The van der Waals surface area contributed by atoms with Crippen LogP contribution in [-0.4, -0.2) is 18.1 Å². The average molecular weight is 180 g/mol. The predicted molar refractivity (Wildman–Crippen MR) is 49.8 cm³/mol. The molecule has 0 atom stereocenters. The van der Waals surface area contributed by atoms with E-state index in [0.717, 1.165) is 5.56 Å². The zero-order valence-electron chi connectivity index (χ0n) is 7.37. The highest BCUT2D eigenvalue weighted by atomic mass is 16.5. The summed E-state index contributed by atoms with van der Waals surface area (Å²) >= 11 is 0. The van der Waals surface area contributed by atoms with Gasteiger partial charge in [-0.3, -0.25) is 5.41 Å². The number of ether oxygens (including phenoxy) is 1. The van der Waals surface area contributed by atoms with Crippen molar-refractivity contribution >= 4 is 5.84 Å². The third kappa shape index (κ3) is 2.19. The molecule has 0 spiro atoms. The second-order valence-corrected chi connectivity index (χ2v) is 2.70. The number of amidine groups is 1. The van der Waals surface area contributed by atoms with E-state index in [1.54, 1.807) is 25.3 Å². The van der Waals surface area contributed by atoms with Gasteiger partial charge in [0.15, 0.2) is 0 Å². The number of hydrogen-bond donors (Lipinski definition) is 3. The monoisotopic (exact) mass is 180 g/mol. The lowest BCUT2D eigenvalue weighted by molar-refractivity contribution is 0.184. The molecule has 0 heterocycles. The molecule has 0 aromatic heterocycles. The fraction of sp³-hybridized carbons (Fsp3) is 0.222. The number of benzene rings is 1. The van der Waals surface area contributed by atoms with Crippen LogP contribution in [0.25, 0.3) is 0 Å². The SMILES string of the molecule is COCc1ccc(C(=N)N)c(O)c1. The van der Waals surface area contributed by atoms with Crippen molar-refractivity contribution in [2.75, 3.05) is 7.11 Å². The number of phenols is 1. The number of aromatic hydroxyl groups is 1. The van der Waals surface area contributed by atoms with E-state index in [-0.39, 0.29) is 11.6 Å². The zero-order valence-corrected chi connectivity index (χ0v) is 7.37. The van der Waals surface area contributed by atoms with Gasteiger partial charge in [-0.15, -0.1) is 0 Å². The third-order valence-corrected chi connectivity index (χ3v) is 1.66. The van der Waals surface area contributed by atoms with Gasteiger partial charge in [0.2, 0.25) is 0 Å². The zero-order chi connectivity index (χ0) is 9.84. The second kappa shape index (κ2) is 3.91. The number of nitrogens with two attached hydrogens (primary N) is 1. The van der Waals surface area contributed by atoms with E-state index < -0.39 is 0 Å². The fourth-order valence-electron chi connectivity index (χ4n) is 1.06. The normalized spacial score (nSPS) is 9.92. The molecule has 0 saturated heterocycles. The van der Waals surface area contributed by atoms with Crippen LogP contribution in [0.5, 0.6) is 5.75 Å². The Kier molecular flexibility index (Phi) is 2.87. The number of nitrogen functional groups attached to an aromatic ring is 1. The van der Waals surface area contributed by atoms with Gasteiger partial charge >= 0.3 is 0 Å². The minimum atomic E-state index is -0.138. The number of hydrogen-bond acceptors (Lipinski definition) is 3. The first-order valence-corrected chi connectivity index (χ1v) is 3.80. The maximum Gasteiger partial charge on any atom is 0.126 e. The van der Waals surface area contributed by atoms with Crippen LogP contribution in [0.1, 0.15) is 11.1 Å². The van der Waals surface area contributed by atoms with Crippen LogP contribution < -0.4 is 5.73 Å². The quantitative estimate of drug-likeness (QED) is 0.476. The number of nitrogens with one attached hydrogen (secondary N) is 1. The predicted octanol–water partition coefficient (Wildman–Crippen LogP) is 0.823. The Hall–Kier alpha value is -1.55. The maximum atomic E-state index is 9.41. The van der Waals surface area contributed by atoms with E-state index in [4.69, 9.17) is 15.9 Å². The summed E-state index contributed by atoms with van der Waals surface area (Å²) in [5.41, 5.74) is 6.43. The molecule has 0 radical (unpaired) electrons. The largest absolute Gasteiger partial charge is 0.507 e. The van der Waals surface area contributed by atoms with Gasteiger partial charge in [-0.1, -0.05) is 6.07 Å². The molecule has 1 aromatic carbocycles. The summed E-state index contributed by atoms with van der Waals surface area (Å²) in [6, 6.07) is 4.91. The molecule has 0 aliphatic heterocycles. The van der Waals surface area contributed by atoms with Gasteiger partial charge in [0.25, 0.3) is 0 Å². The first-order valence-electron chi connectivity index (χ1n) is 3.80. The molecule has 1 aromatic rings. The maximum absolute atomic E-state index is 9.41. The van der Waals surface area contributed by atoms with Crippen molar-refractivity contribution in [3.8, 4) is 5.75 Å². The van der Waals surface area contributed by atoms with Crippen molar-refractivity contribution in [2.24, 2.45) is 5.73 Å². The Morgan fingerprint density at radius 3 is 2.77 bits per heavy atom. The Bertz CT molecular complexity index is 323. The minimum Gasteiger partial charge on any atom is -0.507 e. The van der Waals surface area contributed by atoms with Gasteiger partial charge < -0.3 is 15.6 Å². The summed E-state index contributed by atoms with van der Waals surface area (Å²) in [7, 11) is 1.58. The molecule has 0 bridgehead atoms. The van der Waals surface area contributed by atoms with Crippen LogP contribution in [0.4, 0.5) is 0 Å². The standard InChI is InChI=1S/C9H12N2O2/c1-13-5-6-2-3-7(9(10)11)8(12)4-6/h2-4,12H,5H2,1H3,(H3,10,11). The van der Waals surface area contributed by atoms with Gasteiger partial charge in [-0.25, -0.2) is 0 Å². The lowest BCUT2D eigenvalue weighted by atomic mass is 10.1. The lowest BCUT2D eigenvalue weighted by Crippen LogP contribution is -2.11.